The minimum absolute atomic E-state index is 0.122. The molecule has 0 aliphatic carbocycles. The summed E-state index contributed by atoms with van der Waals surface area (Å²) >= 11 is 0. The second kappa shape index (κ2) is 5.43. The lowest BCUT2D eigenvalue weighted by Crippen LogP contribution is -2.13. The molecule has 0 amide bonds. The molecule has 128 valence electrons. The fourth-order valence-corrected chi connectivity index (χ4v) is 2.55. The van der Waals surface area contributed by atoms with Crippen molar-refractivity contribution in [3.63, 3.8) is 0 Å². The maximum Gasteiger partial charge on any atom is 0.433 e. The molecule has 0 saturated heterocycles. The molecule has 10 heteroatoms. The Morgan fingerprint density at radius 1 is 1.20 bits per heavy atom. The van der Waals surface area contributed by atoms with E-state index in [1.165, 1.54) is 4.52 Å². The summed E-state index contributed by atoms with van der Waals surface area (Å²) in [5, 5.41) is 6.83. The Morgan fingerprint density at radius 2 is 2.04 bits per heavy atom. The Morgan fingerprint density at radius 3 is 2.80 bits per heavy atom. The minimum atomic E-state index is -4.57. The van der Waals surface area contributed by atoms with Gasteiger partial charge in [-0.05, 0) is 19.1 Å². The van der Waals surface area contributed by atoms with Gasteiger partial charge in [0.25, 0.3) is 5.78 Å². The van der Waals surface area contributed by atoms with Crippen LogP contribution in [0, 0.1) is 6.92 Å². The maximum atomic E-state index is 13.0. The second-order valence-electron chi connectivity index (χ2n) is 5.48. The zero-order chi connectivity index (χ0) is 17.6. The highest BCUT2D eigenvalue weighted by Gasteiger charge is 2.34. The smallest absolute Gasteiger partial charge is 0.364 e. The number of pyridine rings is 1. The fraction of sp³-hybridized carbons (Fsp3) is 0.200. The number of alkyl halides is 3. The summed E-state index contributed by atoms with van der Waals surface area (Å²) in [5.41, 5.74) is 1.45. The number of hydrogen-bond donors (Lipinski definition) is 1. The van der Waals surface area contributed by atoms with Crippen molar-refractivity contribution >= 4 is 17.2 Å². The highest BCUT2D eigenvalue weighted by Crippen LogP contribution is 2.29. The number of hydrogen-bond acceptors (Lipinski definition) is 5. The Bertz CT molecular complexity index is 1060. The van der Waals surface area contributed by atoms with E-state index in [9.17, 15) is 13.2 Å². The van der Waals surface area contributed by atoms with E-state index in [1.807, 2.05) is 35.7 Å². The van der Waals surface area contributed by atoms with Crippen molar-refractivity contribution in [1.82, 2.24) is 29.0 Å². The van der Waals surface area contributed by atoms with Crippen LogP contribution in [-0.4, -0.2) is 29.0 Å². The number of aromatic nitrogens is 6. The van der Waals surface area contributed by atoms with E-state index in [4.69, 9.17) is 0 Å². The normalized spacial score (nSPS) is 12.2. The van der Waals surface area contributed by atoms with Crippen molar-refractivity contribution in [2.24, 2.45) is 0 Å². The van der Waals surface area contributed by atoms with E-state index in [2.05, 4.69) is 25.4 Å². The van der Waals surface area contributed by atoms with Gasteiger partial charge >= 0.3 is 6.18 Å². The summed E-state index contributed by atoms with van der Waals surface area (Å²) in [6, 6.07) is 6.61. The van der Waals surface area contributed by atoms with Gasteiger partial charge in [-0.15, -0.1) is 0 Å². The maximum absolute atomic E-state index is 13.0. The minimum Gasteiger partial charge on any atom is -0.364 e. The van der Waals surface area contributed by atoms with Crippen molar-refractivity contribution in [2.45, 2.75) is 19.6 Å². The first-order chi connectivity index (χ1) is 11.9. The average molecular weight is 347 g/mol. The fourth-order valence-electron chi connectivity index (χ4n) is 2.55. The lowest BCUT2D eigenvalue weighted by molar-refractivity contribution is -0.141. The molecule has 25 heavy (non-hydrogen) atoms. The Hall–Kier alpha value is -3.17. The first-order valence-corrected chi connectivity index (χ1v) is 7.37. The molecule has 0 fully saturated rings. The summed E-state index contributed by atoms with van der Waals surface area (Å²) in [6.07, 6.45) is -1.58. The Labute approximate surface area is 139 Å². The quantitative estimate of drug-likeness (QED) is 0.617. The van der Waals surface area contributed by atoms with E-state index in [1.54, 1.807) is 0 Å². The van der Waals surface area contributed by atoms with Gasteiger partial charge in [-0.3, -0.25) is 0 Å². The zero-order valence-corrected chi connectivity index (χ0v) is 13.0. The van der Waals surface area contributed by atoms with Crippen LogP contribution >= 0.6 is 0 Å². The summed E-state index contributed by atoms with van der Waals surface area (Å²) in [4.78, 5) is 11.7. The molecule has 0 unspecified atom stereocenters. The molecule has 0 bridgehead atoms. The third kappa shape index (κ3) is 2.75. The topological polar surface area (TPSA) is 72.4 Å². The van der Waals surface area contributed by atoms with Gasteiger partial charge in [0.15, 0.2) is 5.69 Å². The highest BCUT2D eigenvalue weighted by molar-refractivity contribution is 5.47. The molecule has 4 heterocycles. The molecular formula is C15H12F3N7. The van der Waals surface area contributed by atoms with Crippen LogP contribution in [0.3, 0.4) is 0 Å². The number of nitrogens with one attached hydrogen (secondary N) is 1. The van der Waals surface area contributed by atoms with Gasteiger partial charge in [-0.25, -0.2) is 9.97 Å². The highest BCUT2D eigenvalue weighted by atomic mass is 19.4. The summed E-state index contributed by atoms with van der Waals surface area (Å²) in [5.74, 6) is 0.0202. The molecule has 1 N–H and O–H groups in total. The van der Waals surface area contributed by atoms with Crippen LogP contribution in [0.5, 0.6) is 0 Å². The van der Waals surface area contributed by atoms with Gasteiger partial charge in [0.05, 0.1) is 12.2 Å². The third-order valence-corrected chi connectivity index (χ3v) is 3.74. The van der Waals surface area contributed by atoms with Gasteiger partial charge < -0.3 is 9.72 Å². The van der Waals surface area contributed by atoms with E-state index in [0.29, 0.717) is 5.69 Å². The number of aryl methyl sites for hydroxylation is 1. The summed E-state index contributed by atoms with van der Waals surface area (Å²) < 4.78 is 42.1. The van der Waals surface area contributed by atoms with Crippen molar-refractivity contribution in [3.8, 4) is 0 Å². The van der Waals surface area contributed by atoms with Crippen LogP contribution in [0.2, 0.25) is 0 Å². The number of fused-ring (bicyclic) bond motifs is 2. The monoisotopic (exact) mass is 347 g/mol. The number of nitrogens with zero attached hydrogens (tertiary/aromatic N) is 6. The molecule has 0 aliphatic heterocycles. The SMILES string of the molecule is Cc1cccc2nc(CNc3cc(C(F)(F)F)nc4ncnn34)cn12. The molecule has 4 aromatic rings. The Balaban J connectivity index is 1.67. The molecule has 7 nitrogen and oxygen atoms in total. The lowest BCUT2D eigenvalue weighted by atomic mass is 10.3. The van der Waals surface area contributed by atoms with Crippen molar-refractivity contribution in [3.05, 3.63) is 53.9 Å². The molecule has 0 atom stereocenters. The number of rotatable bonds is 3. The van der Waals surface area contributed by atoms with Crippen LogP contribution in [0.1, 0.15) is 17.1 Å². The largest absolute Gasteiger partial charge is 0.433 e. The molecule has 0 spiro atoms. The predicted molar refractivity (Wildman–Crippen MR) is 83.0 cm³/mol. The van der Waals surface area contributed by atoms with E-state index >= 15 is 0 Å². The molecule has 0 aromatic carbocycles. The first kappa shape index (κ1) is 15.4. The van der Waals surface area contributed by atoms with Crippen LogP contribution in [0.4, 0.5) is 19.0 Å². The van der Waals surface area contributed by atoms with Gasteiger partial charge in [0.1, 0.15) is 17.8 Å². The molecule has 0 aliphatic rings. The molecular weight excluding hydrogens is 335 g/mol. The lowest BCUT2D eigenvalue weighted by Gasteiger charge is -2.10. The number of halogens is 3. The van der Waals surface area contributed by atoms with Crippen LogP contribution < -0.4 is 5.32 Å². The van der Waals surface area contributed by atoms with E-state index < -0.39 is 11.9 Å². The van der Waals surface area contributed by atoms with Crippen molar-refractivity contribution in [2.75, 3.05) is 5.32 Å². The van der Waals surface area contributed by atoms with Crippen LogP contribution in [0.15, 0.2) is 36.8 Å². The van der Waals surface area contributed by atoms with Gasteiger partial charge in [0, 0.05) is 18.0 Å². The molecule has 0 radical (unpaired) electrons. The van der Waals surface area contributed by atoms with Crippen molar-refractivity contribution in [1.29, 1.82) is 0 Å². The molecule has 0 saturated carbocycles. The number of imidazole rings is 1. The van der Waals surface area contributed by atoms with Crippen LogP contribution in [-0.2, 0) is 12.7 Å². The second-order valence-corrected chi connectivity index (χ2v) is 5.48. The van der Waals surface area contributed by atoms with Gasteiger partial charge in [-0.2, -0.15) is 27.8 Å². The van der Waals surface area contributed by atoms with E-state index in [-0.39, 0.29) is 18.1 Å². The number of anilines is 1. The molecule has 4 rings (SSSR count). The first-order valence-electron chi connectivity index (χ1n) is 7.37. The molecule has 4 aromatic heterocycles. The van der Waals surface area contributed by atoms with E-state index in [0.717, 1.165) is 23.7 Å². The zero-order valence-electron chi connectivity index (χ0n) is 13.0. The summed E-state index contributed by atoms with van der Waals surface area (Å²) in [7, 11) is 0. The standard InChI is InChI=1S/C15H12F3N7/c1-9-3-2-4-12-22-10(7-24(9)12)6-19-13-5-11(15(16,17)18)23-14-20-8-21-25(13)14/h2-5,7-8,19H,6H2,1H3. The Kier molecular flexibility index (Phi) is 3.34. The van der Waals surface area contributed by atoms with Crippen molar-refractivity contribution < 1.29 is 13.2 Å². The summed E-state index contributed by atoms with van der Waals surface area (Å²) in [6.45, 7) is 2.18. The van der Waals surface area contributed by atoms with Gasteiger partial charge in [-0.1, -0.05) is 6.07 Å². The predicted octanol–water partition coefficient (Wildman–Crippen LogP) is 2.71. The van der Waals surface area contributed by atoms with Crippen LogP contribution in [0.25, 0.3) is 11.4 Å². The third-order valence-electron chi connectivity index (χ3n) is 3.74. The van der Waals surface area contributed by atoms with Gasteiger partial charge in [0.2, 0.25) is 0 Å². The average Bonchev–Trinajstić information content (AvgIpc) is 3.18.